The maximum Gasteiger partial charge on any atom is 0.127 e. The molecule has 4 heteroatoms. The summed E-state index contributed by atoms with van der Waals surface area (Å²) in [7, 11) is 1.66. The van der Waals surface area contributed by atoms with Gasteiger partial charge in [0.15, 0.2) is 0 Å². The van der Waals surface area contributed by atoms with Gasteiger partial charge in [-0.05, 0) is 5.56 Å². The topological polar surface area (TPSA) is 56.5 Å². The second kappa shape index (κ2) is 4.61. The molecular weight excluding hydrogens is 192 g/mol. The van der Waals surface area contributed by atoms with Crippen molar-refractivity contribution in [2.24, 2.45) is 5.84 Å². The molecule has 1 aromatic rings. The molecule has 1 aliphatic heterocycles. The summed E-state index contributed by atoms with van der Waals surface area (Å²) in [5, 5.41) is 0. The maximum absolute atomic E-state index is 5.61. The number of rotatable bonds is 4. The van der Waals surface area contributed by atoms with Crippen LogP contribution in [-0.2, 0) is 11.2 Å². The first-order valence-electron chi connectivity index (χ1n) is 5.06. The lowest BCUT2D eigenvalue weighted by molar-refractivity contribution is 0.166. The molecule has 0 bridgehead atoms. The number of hydrazine groups is 1. The van der Waals surface area contributed by atoms with Gasteiger partial charge < -0.3 is 9.47 Å². The summed E-state index contributed by atoms with van der Waals surface area (Å²) in [5.74, 6) is 6.47. The van der Waals surface area contributed by atoms with E-state index in [4.69, 9.17) is 15.3 Å². The Morgan fingerprint density at radius 3 is 3.20 bits per heavy atom. The first kappa shape index (κ1) is 10.4. The number of fused-ring (bicyclic) bond motifs is 1. The van der Waals surface area contributed by atoms with Crippen LogP contribution in [0.5, 0.6) is 5.75 Å². The number of ether oxygens (including phenoxy) is 2. The zero-order valence-corrected chi connectivity index (χ0v) is 8.82. The van der Waals surface area contributed by atoms with E-state index in [0.717, 1.165) is 24.3 Å². The van der Waals surface area contributed by atoms with Gasteiger partial charge in [0.1, 0.15) is 5.75 Å². The smallest absolute Gasteiger partial charge is 0.127 e. The van der Waals surface area contributed by atoms with E-state index in [-0.39, 0.29) is 6.04 Å². The minimum atomic E-state index is -0.0111. The highest BCUT2D eigenvalue weighted by molar-refractivity contribution is 5.45. The van der Waals surface area contributed by atoms with Crippen molar-refractivity contribution in [3.63, 3.8) is 0 Å². The van der Waals surface area contributed by atoms with E-state index in [1.54, 1.807) is 7.11 Å². The number of nitrogens with one attached hydrogen (secondary N) is 1. The molecule has 1 atom stereocenters. The summed E-state index contributed by atoms with van der Waals surface area (Å²) in [6.45, 7) is 1.30. The van der Waals surface area contributed by atoms with Gasteiger partial charge >= 0.3 is 0 Å². The molecule has 4 nitrogen and oxygen atoms in total. The highest BCUT2D eigenvalue weighted by Crippen LogP contribution is 2.33. The first-order chi connectivity index (χ1) is 7.36. The molecule has 0 aromatic heterocycles. The average molecular weight is 208 g/mol. The van der Waals surface area contributed by atoms with E-state index in [0.29, 0.717) is 6.61 Å². The van der Waals surface area contributed by atoms with Crippen molar-refractivity contribution in [2.45, 2.75) is 12.5 Å². The van der Waals surface area contributed by atoms with E-state index in [9.17, 15) is 0 Å². The number of para-hydroxylation sites is 1. The van der Waals surface area contributed by atoms with Gasteiger partial charge in [-0.15, -0.1) is 0 Å². The van der Waals surface area contributed by atoms with Crippen LogP contribution in [0.2, 0.25) is 0 Å². The summed E-state index contributed by atoms with van der Waals surface area (Å²) in [6, 6.07) is 6.13. The van der Waals surface area contributed by atoms with Gasteiger partial charge in [0.25, 0.3) is 0 Å². The van der Waals surface area contributed by atoms with Crippen molar-refractivity contribution >= 4 is 0 Å². The highest BCUT2D eigenvalue weighted by Gasteiger charge is 2.21. The largest absolute Gasteiger partial charge is 0.493 e. The van der Waals surface area contributed by atoms with Gasteiger partial charge in [-0.3, -0.25) is 11.3 Å². The van der Waals surface area contributed by atoms with Gasteiger partial charge in [0.2, 0.25) is 0 Å². The number of hydrogen-bond acceptors (Lipinski definition) is 4. The van der Waals surface area contributed by atoms with Gasteiger partial charge in [-0.1, -0.05) is 18.2 Å². The van der Waals surface area contributed by atoms with E-state index in [1.165, 1.54) is 5.56 Å². The van der Waals surface area contributed by atoms with Crippen LogP contribution in [0.15, 0.2) is 18.2 Å². The SMILES string of the molecule is COCC(NN)c1cccc2c1OCC2. The van der Waals surface area contributed by atoms with Gasteiger partial charge in [-0.25, -0.2) is 0 Å². The number of methoxy groups -OCH3 is 1. The molecular formula is C11H16N2O2. The molecule has 15 heavy (non-hydrogen) atoms. The molecule has 1 heterocycles. The summed E-state index contributed by atoms with van der Waals surface area (Å²) >= 11 is 0. The quantitative estimate of drug-likeness (QED) is 0.567. The minimum absolute atomic E-state index is 0.0111. The Kier molecular flexibility index (Phi) is 3.20. The lowest BCUT2D eigenvalue weighted by atomic mass is 10.0. The Morgan fingerprint density at radius 2 is 2.47 bits per heavy atom. The standard InChI is InChI=1S/C11H16N2O2/c1-14-7-10(13-12)9-4-2-3-8-5-6-15-11(8)9/h2-4,10,13H,5-7,12H2,1H3. The zero-order chi connectivity index (χ0) is 10.7. The number of hydrogen-bond donors (Lipinski definition) is 2. The monoisotopic (exact) mass is 208 g/mol. The van der Waals surface area contributed by atoms with Crippen LogP contribution >= 0.6 is 0 Å². The van der Waals surface area contributed by atoms with Gasteiger partial charge in [-0.2, -0.15) is 0 Å². The molecule has 0 fully saturated rings. The zero-order valence-electron chi connectivity index (χ0n) is 8.82. The summed E-state index contributed by atoms with van der Waals surface area (Å²) in [5.41, 5.74) is 5.08. The minimum Gasteiger partial charge on any atom is -0.493 e. The predicted molar refractivity (Wildman–Crippen MR) is 57.6 cm³/mol. The Hall–Kier alpha value is -1.10. The van der Waals surface area contributed by atoms with Crippen molar-refractivity contribution in [1.82, 2.24) is 5.43 Å². The average Bonchev–Trinajstić information content (AvgIpc) is 2.73. The van der Waals surface area contributed by atoms with Crippen LogP contribution in [-0.4, -0.2) is 20.3 Å². The van der Waals surface area contributed by atoms with Crippen LogP contribution in [0.25, 0.3) is 0 Å². The third-order valence-electron chi connectivity index (χ3n) is 2.65. The van der Waals surface area contributed by atoms with Crippen LogP contribution in [0.1, 0.15) is 17.2 Å². The van der Waals surface area contributed by atoms with Crippen molar-refractivity contribution < 1.29 is 9.47 Å². The molecule has 2 rings (SSSR count). The third kappa shape index (κ3) is 1.97. The fraction of sp³-hybridized carbons (Fsp3) is 0.455. The molecule has 0 radical (unpaired) electrons. The van der Waals surface area contributed by atoms with Gasteiger partial charge in [0, 0.05) is 19.1 Å². The normalized spacial score (nSPS) is 15.9. The van der Waals surface area contributed by atoms with Crippen LogP contribution in [0.3, 0.4) is 0 Å². The molecule has 82 valence electrons. The summed E-state index contributed by atoms with van der Waals surface area (Å²) < 4.78 is 10.7. The number of benzene rings is 1. The molecule has 0 aliphatic carbocycles. The molecule has 0 saturated carbocycles. The van der Waals surface area contributed by atoms with Crippen LogP contribution in [0.4, 0.5) is 0 Å². The van der Waals surface area contributed by atoms with E-state index >= 15 is 0 Å². The molecule has 0 amide bonds. The fourth-order valence-corrected chi connectivity index (χ4v) is 1.91. The Morgan fingerprint density at radius 1 is 1.60 bits per heavy atom. The van der Waals surface area contributed by atoms with Crippen molar-refractivity contribution in [3.8, 4) is 5.75 Å². The van der Waals surface area contributed by atoms with E-state index < -0.39 is 0 Å². The van der Waals surface area contributed by atoms with Crippen molar-refractivity contribution in [3.05, 3.63) is 29.3 Å². The predicted octanol–water partition coefficient (Wildman–Crippen LogP) is 0.772. The first-order valence-corrected chi connectivity index (χ1v) is 5.06. The highest BCUT2D eigenvalue weighted by atomic mass is 16.5. The van der Waals surface area contributed by atoms with Crippen LogP contribution < -0.4 is 16.0 Å². The van der Waals surface area contributed by atoms with E-state index in [1.807, 2.05) is 12.1 Å². The van der Waals surface area contributed by atoms with Crippen LogP contribution in [0, 0.1) is 0 Å². The van der Waals surface area contributed by atoms with Crippen molar-refractivity contribution in [2.75, 3.05) is 20.3 Å². The Balaban J connectivity index is 2.30. The van der Waals surface area contributed by atoms with E-state index in [2.05, 4.69) is 11.5 Å². The third-order valence-corrected chi connectivity index (χ3v) is 2.65. The molecule has 3 N–H and O–H groups in total. The Labute approximate surface area is 89.3 Å². The Bertz CT molecular complexity index is 341. The van der Waals surface area contributed by atoms with Gasteiger partial charge in [0.05, 0.1) is 19.3 Å². The summed E-state index contributed by atoms with van der Waals surface area (Å²) in [6.07, 6.45) is 0.980. The molecule has 1 aromatic carbocycles. The summed E-state index contributed by atoms with van der Waals surface area (Å²) in [4.78, 5) is 0. The molecule has 1 unspecified atom stereocenters. The number of nitrogens with two attached hydrogens (primary N) is 1. The fourth-order valence-electron chi connectivity index (χ4n) is 1.91. The molecule has 1 aliphatic rings. The lowest BCUT2D eigenvalue weighted by Crippen LogP contribution is -2.31. The second-order valence-corrected chi connectivity index (χ2v) is 3.61. The van der Waals surface area contributed by atoms with Crippen molar-refractivity contribution in [1.29, 1.82) is 0 Å². The molecule has 0 saturated heterocycles. The molecule has 0 spiro atoms. The maximum atomic E-state index is 5.61. The lowest BCUT2D eigenvalue weighted by Gasteiger charge is -2.17. The second-order valence-electron chi connectivity index (χ2n) is 3.61.